The molecule has 0 saturated heterocycles. The van der Waals surface area contributed by atoms with E-state index < -0.39 is 0 Å². The van der Waals surface area contributed by atoms with Crippen molar-refractivity contribution in [2.45, 2.75) is 6.92 Å². The third-order valence-electron chi connectivity index (χ3n) is 2.41. The number of thiocarbonyl (C=S) groups is 1. The standard InChI is InChI=1S/C13H17NO4S/c1-8(15)12-10(17-5)6-9(16-4)7-11(12)18-13(19)14(2)3/h6-7H,1-5H3. The van der Waals surface area contributed by atoms with E-state index in [1.807, 2.05) is 0 Å². The fourth-order valence-electron chi connectivity index (χ4n) is 1.46. The van der Waals surface area contributed by atoms with E-state index in [-0.39, 0.29) is 11.0 Å². The number of nitrogens with zero attached hydrogens (tertiary/aromatic N) is 1. The molecule has 0 bridgehead atoms. The fourth-order valence-corrected chi connectivity index (χ4v) is 1.55. The number of benzene rings is 1. The number of rotatable bonds is 4. The lowest BCUT2D eigenvalue weighted by molar-refractivity contribution is 0.101. The highest BCUT2D eigenvalue weighted by Crippen LogP contribution is 2.34. The molecule has 0 aliphatic heterocycles. The second kappa shape index (κ2) is 6.38. The topological polar surface area (TPSA) is 48.0 Å². The first kappa shape index (κ1) is 15.2. The summed E-state index contributed by atoms with van der Waals surface area (Å²) in [5.41, 5.74) is 0.340. The first-order valence-corrected chi connectivity index (χ1v) is 5.97. The van der Waals surface area contributed by atoms with Crippen LogP contribution in [-0.4, -0.2) is 44.2 Å². The van der Waals surface area contributed by atoms with Gasteiger partial charge in [0.15, 0.2) is 5.78 Å². The SMILES string of the molecule is COc1cc(OC)c(C(C)=O)c(OC(=S)N(C)C)c1. The van der Waals surface area contributed by atoms with Crippen LogP contribution < -0.4 is 14.2 Å². The summed E-state index contributed by atoms with van der Waals surface area (Å²) in [4.78, 5) is 13.4. The van der Waals surface area contributed by atoms with Crippen LogP contribution in [0, 0.1) is 0 Å². The molecule has 0 atom stereocenters. The Bertz CT molecular complexity index is 500. The van der Waals surface area contributed by atoms with Crippen LogP contribution in [-0.2, 0) is 0 Å². The molecule has 0 radical (unpaired) electrons. The maximum Gasteiger partial charge on any atom is 0.264 e. The summed E-state index contributed by atoms with van der Waals surface area (Å²) < 4.78 is 15.9. The molecule has 104 valence electrons. The van der Waals surface area contributed by atoms with E-state index in [9.17, 15) is 4.79 Å². The summed E-state index contributed by atoms with van der Waals surface area (Å²) in [5, 5.41) is 0.248. The third kappa shape index (κ3) is 3.57. The summed E-state index contributed by atoms with van der Waals surface area (Å²) in [7, 11) is 6.52. The van der Waals surface area contributed by atoms with Crippen molar-refractivity contribution < 1.29 is 19.0 Å². The van der Waals surface area contributed by atoms with Gasteiger partial charge in [0.1, 0.15) is 22.8 Å². The Balaban J connectivity index is 3.33. The van der Waals surface area contributed by atoms with Gasteiger partial charge in [-0.25, -0.2) is 0 Å². The second-order valence-corrected chi connectivity index (χ2v) is 4.37. The minimum Gasteiger partial charge on any atom is -0.496 e. The molecular weight excluding hydrogens is 266 g/mol. The maximum atomic E-state index is 11.7. The van der Waals surface area contributed by atoms with E-state index in [1.54, 1.807) is 31.1 Å². The fraction of sp³-hybridized carbons (Fsp3) is 0.385. The molecule has 0 amide bonds. The smallest absolute Gasteiger partial charge is 0.264 e. The summed E-state index contributed by atoms with van der Waals surface area (Å²) in [6.07, 6.45) is 0. The molecule has 1 aromatic rings. The predicted octanol–water partition coefficient (Wildman–Crippen LogP) is 2.13. The van der Waals surface area contributed by atoms with Gasteiger partial charge in [0.2, 0.25) is 0 Å². The van der Waals surface area contributed by atoms with Crippen LogP contribution in [0.5, 0.6) is 17.2 Å². The molecule has 0 heterocycles. The minimum atomic E-state index is -0.170. The largest absolute Gasteiger partial charge is 0.496 e. The lowest BCUT2D eigenvalue weighted by Crippen LogP contribution is -2.25. The molecule has 0 N–H and O–H groups in total. The Morgan fingerprint density at radius 2 is 1.74 bits per heavy atom. The Morgan fingerprint density at radius 1 is 1.16 bits per heavy atom. The third-order valence-corrected chi connectivity index (χ3v) is 2.86. The lowest BCUT2D eigenvalue weighted by Gasteiger charge is -2.18. The summed E-state index contributed by atoms with van der Waals surface area (Å²) in [6, 6.07) is 3.23. The quantitative estimate of drug-likeness (QED) is 0.623. The highest BCUT2D eigenvalue weighted by Gasteiger charge is 2.19. The number of carbonyl (C=O) groups is 1. The molecule has 0 unspecified atom stereocenters. The number of carbonyl (C=O) groups excluding carboxylic acids is 1. The van der Waals surface area contributed by atoms with Crippen molar-refractivity contribution >= 4 is 23.2 Å². The minimum absolute atomic E-state index is 0.170. The molecule has 0 aromatic heterocycles. The van der Waals surface area contributed by atoms with Gasteiger partial charge >= 0.3 is 0 Å². The van der Waals surface area contributed by atoms with Crippen LogP contribution in [0.2, 0.25) is 0 Å². The molecule has 0 aliphatic carbocycles. The average Bonchev–Trinajstić information content (AvgIpc) is 2.36. The Labute approximate surface area is 118 Å². The summed E-state index contributed by atoms with van der Waals surface area (Å²) in [6.45, 7) is 1.44. The zero-order chi connectivity index (χ0) is 14.6. The Kier molecular flexibility index (Phi) is 5.11. The van der Waals surface area contributed by atoms with Gasteiger partial charge in [-0.15, -0.1) is 0 Å². The number of ketones is 1. The van der Waals surface area contributed by atoms with Gasteiger partial charge in [-0.1, -0.05) is 0 Å². The zero-order valence-electron chi connectivity index (χ0n) is 11.6. The highest BCUT2D eigenvalue weighted by atomic mass is 32.1. The van der Waals surface area contributed by atoms with Gasteiger partial charge in [-0.3, -0.25) is 4.79 Å². The lowest BCUT2D eigenvalue weighted by atomic mass is 10.1. The number of hydrogen-bond acceptors (Lipinski definition) is 5. The van der Waals surface area contributed by atoms with Crippen molar-refractivity contribution in [1.29, 1.82) is 0 Å². The molecule has 1 rings (SSSR count). The molecule has 0 aliphatic rings. The molecule has 6 heteroatoms. The van der Waals surface area contributed by atoms with Crippen molar-refractivity contribution in [2.24, 2.45) is 0 Å². The van der Waals surface area contributed by atoms with Crippen molar-refractivity contribution in [3.63, 3.8) is 0 Å². The van der Waals surface area contributed by atoms with Gasteiger partial charge in [0, 0.05) is 26.2 Å². The highest BCUT2D eigenvalue weighted by molar-refractivity contribution is 7.80. The van der Waals surface area contributed by atoms with Crippen LogP contribution in [0.3, 0.4) is 0 Å². The van der Waals surface area contributed by atoms with Gasteiger partial charge < -0.3 is 19.1 Å². The van der Waals surface area contributed by atoms with E-state index in [2.05, 4.69) is 0 Å². The number of Topliss-reactive ketones (excluding diaryl/α,β-unsaturated/α-hetero) is 1. The normalized spacial score (nSPS) is 9.74. The second-order valence-electron chi connectivity index (χ2n) is 4.02. The Morgan fingerprint density at radius 3 is 2.16 bits per heavy atom. The van der Waals surface area contributed by atoms with Crippen LogP contribution in [0.25, 0.3) is 0 Å². The van der Waals surface area contributed by atoms with Crippen LogP contribution >= 0.6 is 12.2 Å². The van der Waals surface area contributed by atoms with Crippen LogP contribution in [0.1, 0.15) is 17.3 Å². The van der Waals surface area contributed by atoms with Crippen LogP contribution in [0.4, 0.5) is 0 Å². The van der Waals surface area contributed by atoms with Gasteiger partial charge in [0.25, 0.3) is 5.17 Å². The van der Waals surface area contributed by atoms with E-state index in [0.717, 1.165) is 0 Å². The van der Waals surface area contributed by atoms with Crippen LogP contribution in [0.15, 0.2) is 12.1 Å². The van der Waals surface area contributed by atoms with Crippen molar-refractivity contribution in [3.8, 4) is 17.2 Å². The first-order valence-electron chi connectivity index (χ1n) is 5.56. The molecule has 5 nitrogen and oxygen atoms in total. The average molecular weight is 283 g/mol. The molecule has 19 heavy (non-hydrogen) atoms. The number of methoxy groups -OCH3 is 2. The van der Waals surface area contributed by atoms with E-state index in [4.69, 9.17) is 26.4 Å². The first-order chi connectivity index (χ1) is 8.90. The molecular formula is C13H17NO4S. The summed E-state index contributed by atoms with van der Waals surface area (Å²) in [5.74, 6) is 1.07. The van der Waals surface area contributed by atoms with Gasteiger partial charge in [-0.2, -0.15) is 0 Å². The monoisotopic (exact) mass is 283 g/mol. The summed E-state index contributed by atoms with van der Waals surface area (Å²) >= 11 is 5.08. The predicted molar refractivity (Wildman–Crippen MR) is 76.5 cm³/mol. The van der Waals surface area contributed by atoms with E-state index >= 15 is 0 Å². The van der Waals surface area contributed by atoms with Gasteiger partial charge in [0.05, 0.1) is 14.2 Å². The molecule has 0 fully saturated rings. The number of hydrogen-bond donors (Lipinski definition) is 0. The Hall–Kier alpha value is -1.82. The molecule has 0 spiro atoms. The van der Waals surface area contributed by atoms with Crippen molar-refractivity contribution in [3.05, 3.63) is 17.7 Å². The van der Waals surface area contributed by atoms with E-state index in [0.29, 0.717) is 22.8 Å². The maximum absolute atomic E-state index is 11.7. The van der Waals surface area contributed by atoms with Crippen molar-refractivity contribution in [2.75, 3.05) is 28.3 Å². The van der Waals surface area contributed by atoms with Gasteiger partial charge in [-0.05, 0) is 19.1 Å². The molecule has 1 aromatic carbocycles. The zero-order valence-corrected chi connectivity index (χ0v) is 12.5. The molecule has 0 saturated carbocycles. The number of ether oxygens (including phenoxy) is 3. The van der Waals surface area contributed by atoms with E-state index in [1.165, 1.54) is 21.1 Å². The van der Waals surface area contributed by atoms with Crippen molar-refractivity contribution in [1.82, 2.24) is 4.90 Å².